The first-order valence-electron chi connectivity index (χ1n) is 7.62. The van der Waals surface area contributed by atoms with E-state index in [1.54, 1.807) is 21.8 Å². The highest BCUT2D eigenvalue weighted by atomic mass is 79.9. The third-order valence-corrected chi connectivity index (χ3v) is 5.32. The molecule has 0 saturated heterocycles. The molecule has 0 fully saturated rings. The molecule has 0 aliphatic carbocycles. The smallest absolute Gasteiger partial charge is 0.258 e. The Labute approximate surface area is 153 Å². The van der Waals surface area contributed by atoms with Gasteiger partial charge in [0, 0.05) is 36.3 Å². The summed E-state index contributed by atoms with van der Waals surface area (Å²) in [6, 6.07) is 11.5. The molecule has 0 saturated carbocycles. The molecule has 124 valence electrons. The predicted molar refractivity (Wildman–Crippen MR) is 103 cm³/mol. The lowest BCUT2D eigenvalue weighted by atomic mass is 10.3. The Bertz CT molecular complexity index is 931. The Morgan fingerprint density at radius 3 is 2.88 bits per heavy atom. The summed E-state index contributed by atoms with van der Waals surface area (Å²) >= 11 is 5.21. The number of halogens is 1. The summed E-state index contributed by atoms with van der Waals surface area (Å²) in [5.41, 5.74) is 2.33. The van der Waals surface area contributed by atoms with Crippen molar-refractivity contribution in [3.05, 3.63) is 79.5 Å². The van der Waals surface area contributed by atoms with Crippen LogP contribution in [-0.2, 0) is 13.1 Å². The van der Waals surface area contributed by atoms with Gasteiger partial charge in [0.15, 0.2) is 0 Å². The molecule has 0 spiro atoms. The van der Waals surface area contributed by atoms with Gasteiger partial charge < -0.3 is 0 Å². The van der Waals surface area contributed by atoms with Crippen LogP contribution in [0.1, 0.15) is 16.3 Å². The normalized spacial score (nSPS) is 11.3. The van der Waals surface area contributed by atoms with Crippen LogP contribution in [0.3, 0.4) is 0 Å². The third-order valence-electron chi connectivity index (χ3n) is 3.71. The van der Waals surface area contributed by atoms with Gasteiger partial charge in [-0.05, 0) is 47.1 Å². The van der Waals surface area contributed by atoms with E-state index in [1.807, 2.05) is 31.2 Å². The van der Waals surface area contributed by atoms with E-state index in [2.05, 4.69) is 44.5 Å². The summed E-state index contributed by atoms with van der Waals surface area (Å²) in [6.07, 6.45) is 1.88. The maximum Gasteiger partial charge on any atom is 0.258 e. The maximum atomic E-state index is 12.4. The first-order chi connectivity index (χ1) is 11.6. The van der Waals surface area contributed by atoms with E-state index in [0.29, 0.717) is 12.2 Å². The first-order valence-corrected chi connectivity index (χ1v) is 9.23. The molecule has 3 aromatic rings. The minimum atomic E-state index is -0.0366. The zero-order valence-corrected chi connectivity index (χ0v) is 15.8. The highest BCUT2D eigenvalue weighted by molar-refractivity contribution is 9.11. The molecule has 0 amide bonds. The molecule has 0 unspecified atom stereocenters. The van der Waals surface area contributed by atoms with Crippen molar-refractivity contribution >= 4 is 32.9 Å². The van der Waals surface area contributed by atoms with Crippen molar-refractivity contribution in [2.75, 3.05) is 6.54 Å². The molecule has 0 aliphatic rings. The van der Waals surface area contributed by atoms with E-state index in [1.165, 1.54) is 4.88 Å². The van der Waals surface area contributed by atoms with Gasteiger partial charge in [0.2, 0.25) is 0 Å². The molecule has 3 heterocycles. The number of hydrogen-bond acceptors (Lipinski definition) is 4. The van der Waals surface area contributed by atoms with E-state index in [-0.39, 0.29) is 5.56 Å². The van der Waals surface area contributed by atoms with E-state index < -0.39 is 0 Å². The lowest BCUT2D eigenvalue weighted by molar-refractivity contribution is 0.285. The maximum absolute atomic E-state index is 12.4. The fraction of sp³-hybridized carbons (Fsp3) is 0.222. The second-order valence-electron chi connectivity index (χ2n) is 5.61. The van der Waals surface area contributed by atoms with Crippen LogP contribution < -0.4 is 5.56 Å². The monoisotopic (exact) mass is 403 g/mol. The molecule has 3 aromatic heterocycles. The second-order valence-corrected chi connectivity index (χ2v) is 8.16. The second kappa shape index (κ2) is 7.42. The number of aromatic nitrogens is 2. The third kappa shape index (κ3) is 3.83. The summed E-state index contributed by atoms with van der Waals surface area (Å²) in [5.74, 6) is 0. The SMILES string of the molecule is C=CCN(Cc1cc(=O)n2c(C)cccc2n1)Cc1ccc(Br)s1. The van der Waals surface area contributed by atoms with E-state index in [4.69, 9.17) is 0 Å². The van der Waals surface area contributed by atoms with Gasteiger partial charge in [-0.3, -0.25) is 14.1 Å². The van der Waals surface area contributed by atoms with Crippen LogP contribution in [-0.4, -0.2) is 20.8 Å². The van der Waals surface area contributed by atoms with Crippen molar-refractivity contribution in [2.45, 2.75) is 20.0 Å². The van der Waals surface area contributed by atoms with Gasteiger partial charge in [-0.2, -0.15) is 0 Å². The van der Waals surface area contributed by atoms with Crippen molar-refractivity contribution in [3.63, 3.8) is 0 Å². The number of hydrogen-bond donors (Lipinski definition) is 0. The summed E-state index contributed by atoms with van der Waals surface area (Å²) in [7, 11) is 0. The first kappa shape index (κ1) is 17.1. The van der Waals surface area contributed by atoms with Crippen molar-refractivity contribution in [1.29, 1.82) is 0 Å². The topological polar surface area (TPSA) is 37.6 Å². The van der Waals surface area contributed by atoms with Crippen molar-refractivity contribution in [2.24, 2.45) is 0 Å². The predicted octanol–water partition coefficient (Wildman–Crippen LogP) is 4.02. The minimum absolute atomic E-state index is 0.0366. The standard InChI is InChI=1S/C18H18BrN3OS/c1-3-9-21(12-15-7-8-16(19)24-15)11-14-10-18(23)22-13(2)5-4-6-17(22)20-14/h3-8,10H,1,9,11-12H2,2H3. The number of rotatable bonds is 6. The van der Waals surface area contributed by atoms with Crippen LogP contribution in [0.15, 0.2) is 57.6 Å². The average Bonchev–Trinajstić information content (AvgIpc) is 2.92. The Morgan fingerprint density at radius 1 is 1.33 bits per heavy atom. The zero-order chi connectivity index (χ0) is 17.1. The summed E-state index contributed by atoms with van der Waals surface area (Å²) < 4.78 is 2.76. The van der Waals surface area contributed by atoms with Crippen LogP contribution in [0.2, 0.25) is 0 Å². The Morgan fingerprint density at radius 2 is 2.17 bits per heavy atom. The van der Waals surface area contributed by atoms with Gasteiger partial charge >= 0.3 is 0 Å². The van der Waals surface area contributed by atoms with Gasteiger partial charge in [0.05, 0.1) is 9.48 Å². The van der Waals surface area contributed by atoms with Crippen LogP contribution >= 0.6 is 27.3 Å². The van der Waals surface area contributed by atoms with Crippen molar-refractivity contribution in [3.8, 4) is 0 Å². The Balaban J connectivity index is 1.88. The molecule has 0 N–H and O–H groups in total. The number of thiophene rings is 1. The quantitative estimate of drug-likeness (QED) is 0.583. The molecule has 6 heteroatoms. The van der Waals surface area contributed by atoms with Gasteiger partial charge in [0.1, 0.15) is 5.65 Å². The van der Waals surface area contributed by atoms with Gasteiger partial charge in [-0.1, -0.05) is 12.1 Å². The van der Waals surface area contributed by atoms with Crippen LogP contribution in [0.4, 0.5) is 0 Å². The molecule has 3 rings (SSSR count). The molecule has 0 radical (unpaired) electrons. The van der Waals surface area contributed by atoms with Crippen molar-refractivity contribution in [1.82, 2.24) is 14.3 Å². The minimum Gasteiger partial charge on any atom is -0.289 e. The van der Waals surface area contributed by atoms with E-state index in [0.717, 1.165) is 28.3 Å². The fourth-order valence-electron chi connectivity index (χ4n) is 2.70. The fourth-order valence-corrected chi connectivity index (χ4v) is 4.22. The molecular weight excluding hydrogens is 386 g/mol. The van der Waals surface area contributed by atoms with Crippen LogP contribution in [0, 0.1) is 6.92 Å². The van der Waals surface area contributed by atoms with Gasteiger partial charge in [-0.15, -0.1) is 17.9 Å². The number of aryl methyl sites for hydroxylation is 1. The number of nitrogens with zero attached hydrogens (tertiary/aromatic N) is 3. The molecular formula is C18H18BrN3OS. The highest BCUT2D eigenvalue weighted by Crippen LogP contribution is 2.23. The molecule has 0 atom stereocenters. The lowest BCUT2D eigenvalue weighted by Crippen LogP contribution is -2.25. The number of pyridine rings is 1. The van der Waals surface area contributed by atoms with Crippen molar-refractivity contribution < 1.29 is 0 Å². The number of fused-ring (bicyclic) bond motifs is 1. The molecule has 0 bridgehead atoms. The Hall–Kier alpha value is -1.76. The Kier molecular flexibility index (Phi) is 5.28. The van der Waals surface area contributed by atoms with Crippen LogP contribution in [0.5, 0.6) is 0 Å². The average molecular weight is 404 g/mol. The van der Waals surface area contributed by atoms with Gasteiger partial charge in [-0.25, -0.2) is 4.98 Å². The molecule has 4 nitrogen and oxygen atoms in total. The van der Waals surface area contributed by atoms with E-state index >= 15 is 0 Å². The summed E-state index contributed by atoms with van der Waals surface area (Å²) in [6.45, 7) is 7.90. The highest BCUT2D eigenvalue weighted by Gasteiger charge is 2.10. The largest absolute Gasteiger partial charge is 0.289 e. The zero-order valence-electron chi connectivity index (χ0n) is 13.4. The molecule has 0 aliphatic heterocycles. The summed E-state index contributed by atoms with van der Waals surface area (Å²) in [4.78, 5) is 20.5. The summed E-state index contributed by atoms with van der Waals surface area (Å²) in [5, 5.41) is 0. The lowest BCUT2D eigenvalue weighted by Gasteiger charge is -2.19. The van der Waals surface area contributed by atoms with E-state index in [9.17, 15) is 4.79 Å². The molecule has 24 heavy (non-hydrogen) atoms. The van der Waals surface area contributed by atoms with Crippen LogP contribution in [0.25, 0.3) is 5.65 Å². The molecule has 0 aromatic carbocycles. The van der Waals surface area contributed by atoms with Gasteiger partial charge in [0.25, 0.3) is 5.56 Å².